The van der Waals surface area contributed by atoms with E-state index in [1.807, 2.05) is 12.1 Å². The zero-order valence-electron chi connectivity index (χ0n) is 8.77. The highest BCUT2D eigenvalue weighted by Gasteiger charge is 2.06. The quantitative estimate of drug-likeness (QED) is 0.815. The molecule has 0 saturated heterocycles. The molecule has 0 bridgehead atoms. The second-order valence-electron chi connectivity index (χ2n) is 3.83. The van der Waals surface area contributed by atoms with Gasteiger partial charge in [-0.3, -0.25) is 0 Å². The van der Waals surface area contributed by atoms with Crippen LogP contribution in [0.25, 0.3) is 11.3 Å². The number of hydrogen-bond acceptors (Lipinski definition) is 3. The Kier molecular flexibility index (Phi) is 2.46. The lowest BCUT2D eigenvalue weighted by molar-refractivity contribution is 0.365. The number of aromatic nitrogens is 1. The van der Waals surface area contributed by atoms with E-state index >= 15 is 0 Å². The predicted molar refractivity (Wildman–Crippen MR) is 57.7 cm³/mol. The molecule has 0 spiro atoms. The van der Waals surface area contributed by atoms with Crippen molar-refractivity contribution in [1.29, 1.82) is 0 Å². The molecule has 0 aliphatic heterocycles. The molecule has 0 amide bonds. The van der Waals surface area contributed by atoms with Crippen LogP contribution in [0.3, 0.4) is 0 Å². The van der Waals surface area contributed by atoms with Gasteiger partial charge in [-0.1, -0.05) is 38.1 Å². The fraction of sp³-hybridized carbons (Fsp3) is 0.250. The highest BCUT2D eigenvalue weighted by molar-refractivity contribution is 5.58. The Bertz CT molecular complexity index is 443. The molecule has 0 aliphatic rings. The van der Waals surface area contributed by atoms with Crippen LogP contribution in [0.2, 0.25) is 0 Å². The fourth-order valence-electron chi connectivity index (χ4n) is 1.43. The van der Waals surface area contributed by atoms with E-state index in [1.54, 1.807) is 0 Å². The molecule has 0 fully saturated rings. The summed E-state index contributed by atoms with van der Waals surface area (Å²) in [6.07, 6.45) is 0. The van der Waals surface area contributed by atoms with Gasteiger partial charge in [0.15, 0.2) is 5.76 Å². The normalized spacial score (nSPS) is 10.9. The maximum Gasteiger partial charge on any atom is 0.252 e. The van der Waals surface area contributed by atoms with Crippen LogP contribution >= 0.6 is 0 Å². The average Bonchev–Trinajstić information content (AvgIpc) is 2.65. The first-order valence-electron chi connectivity index (χ1n) is 4.93. The van der Waals surface area contributed by atoms with E-state index in [9.17, 15) is 0 Å². The van der Waals surface area contributed by atoms with E-state index in [1.165, 1.54) is 11.6 Å². The van der Waals surface area contributed by atoms with Gasteiger partial charge < -0.3 is 9.63 Å². The van der Waals surface area contributed by atoms with Gasteiger partial charge in [0.25, 0.3) is 5.88 Å². The summed E-state index contributed by atoms with van der Waals surface area (Å²) in [4.78, 5) is 0. The van der Waals surface area contributed by atoms with E-state index in [4.69, 9.17) is 9.63 Å². The summed E-state index contributed by atoms with van der Waals surface area (Å²) in [5.74, 6) is 1.02. The summed E-state index contributed by atoms with van der Waals surface area (Å²) in [5.41, 5.74) is 2.20. The van der Waals surface area contributed by atoms with Crippen molar-refractivity contribution in [2.24, 2.45) is 0 Å². The maximum absolute atomic E-state index is 9.05. The molecule has 2 rings (SSSR count). The zero-order valence-corrected chi connectivity index (χ0v) is 8.77. The van der Waals surface area contributed by atoms with Crippen LogP contribution in [0, 0.1) is 0 Å². The molecule has 0 radical (unpaired) electrons. The van der Waals surface area contributed by atoms with Crippen molar-refractivity contribution in [2.75, 3.05) is 0 Å². The number of aromatic hydroxyl groups is 1. The van der Waals surface area contributed by atoms with E-state index in [0.717, 1.165) is 5.56 Å². The van der Waals surface area contributed by atoms with Gasteiger partial charge in [0.1, 0.15) is 0 Å². The maximum atomic E-state index is 9.05. The lowest BCUT2D eigenvalue weighted by Gasteiger charge is -2.04. The standard InChI is InChI=1S/C12H13NO2/c1-8(2)9-3-5-10(6-4-9)11-7-12(14)13-15-11/h3-8H,1-2H3,(H,13,14). The van der Waals surface area contributed by atoms with Gasteiger partial charge in [0.05, 0.1) is 0 Å². The minimum atomic E-state index is -0.0852. The number of rotatable bonds is 2. The van der Waals surface area contributed by atoms with Gasteiger partial charge >= 0.3 is 0 Å². The molecule has 1 aromatic carbocycles. The SMILES string of the molecule is CC(C)c1ccc(-c2cc(O)no2)cc1. The van der Waals surface area contributed by atoms with Crippen molar-refractivity contribution in [3.63, 3.8) is 0 Å². The molecule has 1 heterocycles. The third-order valence-electron chi connectivity index (χ3n) is 2.36. The number of nitrogens with zero attached hydrogens (tertiary/aromatic N) is 1. The lowest BCUT2D eigenvalue weighted by Crippen LogP contribution is -1.85. The van der Waals surface area contributed by atoms with Gasteiger partial charge in [-0.2, -0.15) is 0 Å². The monoisotopic (exact) mass is 203 g/mol. The summed E-state index contributed by atoms with van der Waals surface area (Å²) in [7, 11) is 0. The molecule has 0 unspecified atom stereocenters. The van der Waals surface area contributed by atoms with Crippen molar-refractivity contribution in [3.05, 3.63) is 35.9 Å². The highest BCUT2D eigenvalue weighted by Crippen LogP contribution is 2.24. The first-order chi connectivity index (χ1) is 7.16. The van der Waals surface area contributed by atoms with Crippen molar-refractivity contribution in [1.82, 2.24) is 5.16 Å². The van der Waals surface area contributed by atoms with Gasteiger partial charge in [-0.15, -0.1) is 0 Å². The third kappa shape index (κ3) is 2.01. The molecule has 3 nitrogen and oxygen atoms in total. The van der Waals surface area contributed by atoms with Gasteiger partial charge in [-0.25, -0.2) is 0 Å². The Balaban J connectivity index is 2.31. The van der Waals surface area contributed by atoms with Crippen molar-refractivity contribution >= 4 is 0 Å². The Labute approximate surface area is 88.3 Å². The van der Waals surface area contributed by atoms with Gasteiger partial charge in [0.2, 0.25) is 0 Å². The number of benzene rings is 1. The van der Waals surface area contributed by atoms with E-state index < -0.39 is 0 Å². The first kappa shape index (κ1) is 9.77. The van der Waals surface area contributed by atoms with Crippen molar-refractivity contribution < 1.29 is 9.63 Å². The van der Waals surface area contributed by atoms with Gasteiger partial charge in [-0.05, 0) is 16.6 Å². The molecule has 1 N–H and O–H groups in total. The summed E-state index contributed by atoms with van der Waals surface area (Å²) >= 11 is 0. The van der Waals surface area contributed by atoms with Crippen molar-refractivity contribution in [2.45, 2.75) is 19.8 Å². The summed E-state index contributed by atoms with van der Waals surface area (Å²) in [5, 5.41) is 12.5. The molecule has 0 atom stereocenters. The predicted octanol–water partition coefficient (Wildman–Crippen LogP) is 3.17. The Hall–Kier alpha value is -1.77. The minimum Gasteiger partial charge on any atom is -0.491 e. The van der Waals surface area contributed by atoms with Crippen LogP contribution < -0.4 is 0 Å². The van der Waals surface area contributed by atoms with Crippen LogP contribution in [0.5, 0.6) is 5.88 Å². The van der Waals surface area contributed by atoms with E-state index in [-0.39, 0.29) is 5.88 Å². The zero-order chi connectivity index (χ0) is 10.8. The fourth-order valence-corrected chi connectivity index (χ4v) is 1.43. The summed E-state index contributed by atoms with van der Waals surface area (Å²) in [6, 6.07) is 9.55. The molecular weight excluding hydrogens is 190 g/mol. The Morgan fingerprint density at radius 2 is 1.87 bits per heavy atom. The Morgan fingerprint density at radius 3 is 2.33 bits per heavy atom. The summed E-state index contributed by atoms with van der Waals surface area (Å²) < 4.78 is 4.95. The Morgan fingerprint density at radius 1 is 1.20 bits per heavy atom. The lowest BCUT2D eigenvalue weighted by atomic mass is 10.0. The van der Waals surface area contributed by atoms with Crippen LogP contribution in [0.15, 0.2) is 34.9 Å². The molecule has 15 heavy (non-hydrogen) atoms. The van der Waals surface area contributed by atoms with Crippen LogP contribution in [-0.2, 0) is 0 Å². The van der Waals surface area contributed by atoms with E-state index in [2.05, 4.69) is 31.1 Å². The molecule has 3 heteroatoms. The second-order valence-corrected chi connectivity index (χ2v) is 3.83. The molecule has 78 valence electrons. The minimum absolute atomic E-state index is 0.0852. The molecule has 2 aromatic rings. The van der Waals surface area contributed by atoms with Crippen molar-refractivity contribution in [3.8, 4) is 17.2 Å². The third-order valence-corrected chi connectivity index (χ3v) is 2.36. The first-order valence-corrected chi connectivity index (χ1v) is 4.93. The largest absolute Gasteiger partial charge is 0.491 e. The van der Waals surface area contributed by atoms with Gasteiger partial charge in [0, 0.05) is 11.6 Å². The van der Waals surface area contributed by atoms with Crippen LogP contribution in [-0.4, -0.2) is 10.3 Å². The van der Waals surface area contributed by atoms with Crippen LogP contribution in [0.4, 0.5) is 0 Å². The second kappa shape index (κ2) is 3.77. The molecule has 1 aromatic heterocycles. The van der Waals surface area contributed by atoms with Crippen LogP contribution in [0.1, 0.15) is 25.3 Å². The van der Waals surface area contributed by atoms with E-state index in [0.29, 0.717) is 11.7 Å². The average molecular weight is 203 g/mol. The molecule has 0 saturated carbocycles. The highest BCUT2D eigenvalue weighted by atomic mass is 16.5. The molecular formula is C12H13NO2. The number of hydrogen-bond donors (Lipinski definition) is 1. The topological polar surface area (TPSA) is 46.3 Å². The molecule has 0 aliphatic carbocycles. The summed E-state index contributed by atoms with van der Waals surface area (Å²) in [6.45, 7) is 4.30. The smallest absolute Gasteiger partial charge is 0.252 e.